The van der Waals surface area contributed by atoms with Crippen molar-refractivity contribution >= 4 is 11.7 Å². The number of H-pyrrole nitrogens is 1. The van der Waals surface area contributed by atoms with Gasteiger partial charge in [-0.1, -0.05) is 0 Å². The van der Waals surface area contributed by atoms with E-state index in [9.17, 15) is 13.6 Å². The summed E-state index contributed by atoms with van der Waals surface area (Å²) in [5, 5.41) is 9.19. The quantitative estimate of drug-likeness (QED) is 0.803. The number of benzene rings is 1. The van der Waals surface area contributed by atoms with Gasteiger partial charge in [0.1, 0.15) is 17.2 Å². The number of halogens is 2. The first-order chi connectivity index (χ1) is 11.0. The summed E-state index contributed by atoms with van der Waals surface area (Å²) in [5.41, 5.74) is 5.76. The highest BCUT2D eigenvalue weighted by molar-refractivity contribution is 5.97. The van der Waals surface area contributed by atoms with Crippen LogP contribution in [0.15, 0.2) is 24.3 Å². The molecule has 0 aliphatic carbocycles. The molecule has 23 heavy (non-hydrogen) atoms. The highest BCUT2D eigenvalue weighted by Gasteiger charge is 2.36. The molecule has 0 atom stereocenters. The number of anilines is 1. The largest absolute Gasteiger partial charge is 0.381 e. The van der Waals surface area contributed by atoms with Crippen LogP contribution in [0.3, 0.4) is 0 Å². The highest BCUT2D eigenvalue weighted by atomic mass is 19.1. The van der Waals surface area contributed by atoms with Crippen LogP contribution in [0.5, 0.6) is 0 Å². The molecule has 1 aliphatic heterocycles. The molecule has 2 aromatic rings. The lowest BCUT2D eigenvalue weighted by Gasteiger charge is -2.31. The first kappa shape index (κ1) is 15.6. The Labute approximate surface area is 131 Å². The summed E-state index contributed by atoms with van der Waals surface area (Å²) in [4.78, 5) is 12.3. The zero-order chi connectivity index (χ0) is 16.4. The number of nitrogens with two attached hydrogens (primary N) is 1. The lowest BCUT2D eigenvalue weighted by molar-refractivity contribution is -0.124. The number of nitrogens with zero attached hydrogens (tertiary/aromatic N) is 1. The van der Waals surface area contributed by atoms with Crippen molar-refractivity contribution in [3.8, 4) is 11.3 Å². The number of aromatic amines is 1. The summed E-state index contributed by atoms with van der Waals surface area (Å²) in [6.45, 7) is 0.858. The fraction of sp³-hybridized carbons (Fsp3) is 0.333. The predicted octanol–water partition coefficient (Wildman–Crippen LogP) is 1.80. The minimum Gasteiger partial charge on any atom is -0.381 e. The lowest BCUT2D eigenvalue weighted by atomic mass is 9.90. The van der Waals surface area contributed by atoms with Gasteiger partial charge in [0.05, 0.1) is 5.69 Å². The monoisotopic (exact) mass is 322 g/mol. The molecule has 2 heterocycles. The molecule has 0 unspecified atom stereocenters. The molecule has 0 spiro atoms. The number of carbonyl (C=O) groups excluding carboxylic acids is 1. The van der Waals surface area contributed by atoms with Gasteiger partial charge in [-0.2, -0.15) is 5.10 Å². The van der Waals surface area contributed by atoms with Crippen LogP contribution in [0.1, 0.15) is 12.8 Å². The second-order valence-corrected chi connectivity index (χ2v) is 5.55. The molecule has 6 nitrogen and oxygen atoms in total. The molecule has 0 bridgehead atoms. The maximum absolute atomic E-state index is 13.3. The van der Waals surface area contributed by atoms with Crippen molar-refractivity contribution in [2.75, 3.05) is 18.5 Å². The van der Waals surface area contributed by atoms with Gasteiger partial charge in [-0.15, -0.1) is 0 Å². The first-order valence-corrected chi connectivity index (χ1v) is 7.16. The van der Waals surface area contributed by atoms with Crippen molar-refractivity contribution in [2.24, 2.45) is 5.73 Å². The van der Waals surface area contributed by atoms with Crippen LogP contribution in [0.2, 0.25) is 0 Å². The van der Waals surface area contributed by atoms with Crippen LogP contribution in [-0.2, 0) is 9.53 Å². The van der Waals surface area contributed by atoms with E-state index < -0.39 is 17.2 Å². The summed E-state index contributed by atoms with van der Waals surface area (Å²) < 4.78 is 31.7. The molecule has 1 aromatic carbocycles. The number of hydrogen-bond donors (Lipinski definition) is 3. The van der Waals surface area contributed by atoms with E-state index in [4.69, 9.17) is 10.5 Å². The van der Waals surface area contributed by atoms with E-state index in [0.717, 1.165) is 6.07 Å². The Balaban J connectivity index is 1.75. The third-order valence-corrected chi connectivity index (χ3v) is 3.83. The van der Waals surface area contributed by atoms with Crippen molar-refractivity contribution < 1.29 is 18.3 Å². The van der Waals surface area contributed by atoms with E-state index in [1.165, 1.54) is 18.2 Å². The van der Waals surface area contributed by atoms with Crippen LogP contribution in [0.25, 0.3) is 11.3 Å². The SMILES string of the molecule is NC1(C(=O)Nc2cc(-c3cc(F)cc(F)c3)[nH]n2)CCOCC1. The highest BCUT2D eigenvalue weighted by Crippen LogP contribution is 2.24. The van der Waals surface area contributed by atoms with E-state index >= 15 is 0 Å². The van der Waals surface area contributed by atoms with Crippen LogP contribution in [0, 0.1) is 11.6 Å². The fourth-order valence-electron chi connectivity index (χ4n) is 2.45. The number of aromatic nitrogens is 2. The normalized spacial score (nSPS) is 17.0. The second kappa shape index (κ2) is 6.05. The number of carbonyl (C=O) groups is 1. The molecule has 1 amide bonds. The van der Waals surface area contributed by atoms with Gasteiger partial charge in [0, 0.05) is 30.9 Å². The van der Waals surface area contributed by atoms with E-state index in [2.05, 4.69) is 15.5 Å². The zero-order valence-corrected chi connectivity index (χ0v) is 12.2. The van der Waals surface area contributed by atoms with Crippen molar-refractivity contribution in [2.45, 2.75) is 18.4 Å². The van der Waals surface area contributed by atoms with Crippen molar-refractivity contribution in [3.05, 3.63) is 35.9 Å². The molecular weight excluding hydrogens is 306 g/mol. The molecule has 1 fully saturated rings. The smallest absolute Gasteiger partial charge is 0.245 e. The van der Waals surface area contributed by atoms with Gasteiger partial charge in [0.2, 0.25) is 5.91 Å². The summed E-state index contributed by atoms with van der Waals surface area (Å²) in [6.07, 6.45) is 0.844. The number of nitrogens with one attached hydrogen (secondary N) is 2. The molecule has 1 aliphatic rings. The third kappa shape index (κ3) is 3.38. The average Bonchev–Trinajstić information content (AvgIpc) is 2.95. The molecule has 4 N–H and O–H groups in total. The van der Waals surface area contributed by atoms with E-state index in [0.29, 0.717) is 37.3 Å². The molecule has 0 radical (unpaired) electrons. The molecule has 8 heteroatoms. The molecule has 122 valence electrons. The minimum atomic E-state index is -0.998. The average molecular weight is 322 g/mol. The Kier molecular flexibility index (Phi) is 4.10. The zero-order valence-electron chi connectivity index (χ0n) is 12.2. The first-order valence-electron chi connectivity index (χ1n) is 7.16. The van der Waals surface area contributed by atoms with Crippen molar-refractivity contribution in [1.29, 1.82) is 0 Å². The van der Waals surface area contributed by atoms with Gasteiger partial charge in [0.25, 0.3) is 0 Å². The van der Waals surface area contributed by atoms with Crippen LogP contribution in [0.4, 0.5) is 14.6 Å². The minimum absolute atomic E-state index is 0.242. The number of hydrogen-bond acceptors (Lipinski definition) is 4. The standard InChI is InChI=1S/C15H16F2N4O2/c16-10-5-9(6-11(17)7-10)12-8-13(21-20-12)19-14(22)15(18)1-3-23-4-2-15/h5-8H,1-4,18H2,(H2,19,20,21,22). The number of rotatable bonds is 3. The van der Waals surface area contributed by atoms with E-state index in [1.807, 2.05) is 0 Å². The number of amides is 1. The van der Waals surface area contributed by atoms with E-state index in [1.54, 1.807) is 0 Å². The Hall–Kier alpha value is -2.32. The van der Waals surface area contributed by atoms with Gasteiger partial charge in [0.15, 0.2) is 5.82 Å². The third-order valence-electron chi connectivity index (χ3n) is 3.83. The maximum atomic E-state index is 13.3. The molecule has 0 saturated carbocycles. The Morgan fingerprint density at radius 1 is 1.22 bits per heavy atom. The van der Waals surface area contributed by atoms with Crippen molar-refractivity contribution in [3.63, 3.8) is 0 Å². The van der Waals surface area contributed by atoms with Crippen LogP contribution in [-0.4, -0.2) is 34.9 Å². The molecule has 1 saturated heterocycles. The van der Waals surface area contributed by atoms with Crippen LogP contribution < -0.4 is 11.1 Å². The van der Waals surface area contributed by atoms with E-state index in [-0.39, 0.29) is 11.7 Å². The van der Waals surface area contributed by atoms with Gasteiger partial charge < -0.3 is 15.8 Å². The summed E-state index contributed by atoms with van der Waals surface area (Å²) in [6, 6.07) is 4.62. The predicted molar refractivity (Wildman–Crippen MR) is 79.5 cm³/mol. The van der Waals surface area contributed by atoms with Gasteiger partial charge in [-0.3, -0.25) is 9.89 Å². The Morgan fingerprint density at radius 2 is 1.87 bits per heavy atom. The molecule has 1 aromatic heterocycles. The fourth-order valence-corrected chi connectivity index (χ4v) is 2.45. The topological polar surface area (TPSA) is 93.0 Å². The van der Waals surface area contributed by atoms with Gasteiger partial charge in [-0.05, 0) is 25.0 Å². The second-order valence-electron chi connectivity index (χ2n) is 5.55. The summed E-state index contributed by atoms with van der Waals surface area (Å²) in [7, 11) is 0. The lowest BCUT2D eigenvalue weighted by Crippen LogP contribution is -2.54. The Bertz CT molecular complexity index is 706. The van der Waals surface area contributed by atoms with Gasteiger partial charge in [-0.25, -0.2) is 8.78 Å². The molecule has 3 rings (SSSR count). The maximum Gasteiger partial charge on any atom is 0.245 e. The molecular formula is C15H16F2N4O2. The van der Waals surface area contributed by atoms with Crippen LogP contribution >= 0.6 is 0 Å². The van der Waals surface area contributed by atoms with Crippen molar-refractivity contribution in [1.82, 2.24) is 10.2 Å². The summed E-state index contributed by atoms with van der Waals surface area (Å²) in [5.74, 6) is -1.50. The Morgan fingerprint density at radius 3 is 2.52 bits per heavy atom. The summed E-state index contributed by atoms with van der Waals surface area (Å²) >= 11 is 0. The van der Waals surface area contributed by atoms with Gasteiger partial charge >= 0.3 is 0 Å². The number of ether oxygens (including phenoxy) is 1.